The van der Waals surface area contributed by atoms with Crippen LogP contribution < -0.4 is 4.74 Å². The number of hydrogen-bond acceptors (Lipinski definition) is 3. The lowest BCUT2D eigenvalue weighted by Crippen LogP contribution is -2.01. The van der Waals surface area contributed by atoms with Gasteiger partial charge in [0.1, 0.15) is 5.75 Å². The molecule has 1 unspecified atom stereocenters. The van der Waals surface area contributed by atoms with E-state index in [2.05, 4.69) is 15.9 Å². The van der Waals surface area contributed by atoms with Crippen LogP contribution in [0.4, 0.5) is 0 Å². The largest absolute Gasteiger partial charge is 0.497 e. The SMILES string of the molecule is COc1cccc(CC(O)c2cscc2Br)c1. The molecule has 0 fully saturated rings. The van der Waals surface area contributed by atoms with Gasteiger partial charge in [-0.1, -0.05) is 12.1 Å². The van der Waals surface area contributed by atoms with Gasteiger partial charge in [-0.2, -0.15) is 11.3 Å². The maximum absolute atomic E-state index is 10.1. The zero-order chi connectivity index (χ0) is 12.3. The van der Waals surface area contributed by atoms with Crippen LogP contribution in [-0.2, 0) is 6.42 Å². The van der Waals surface area contributed by atoms with Crippen LogP contribution >= 0.6 is 27.3 Å². The first kappa shape index (κ1) is 12.6. The molecular weight excluding hydrogens is 300 g/mol. The van der Waals surface area contributed by atoms with E-state index < -0.39 is 6.10 Å². The molecule has 0 saturated heterocycles. The standard InChI is InChI=1S/C13H13BrO2S/c1-16-10-4-2-3-9(5-10)6-13(15)11-7-17-8-12(11)14/h2-5,7-8,13,15H,6H2,1H3. The molecule has 0 amide bonds. The lowest BCUT2D eigenvalue weighted by atomic mass is 10.0. The molecule has 1 aromatic heterocycles. The summed E-state index contributed by atoms with van der Waals surface area (Å²) in [5.41, 5.74) is 2.01. The van der Waals surface area contributed by atoms with Crippen molar-refractivity contribution in [2.45, 2.75) is 12.5 Å². The molecule has 2 rings (SSSR count). The highest BCUT2D eigenvalue weighted by Gasteiger charge is 2.13. The first-order valence-electron chi connectivity index (χ1n) is 5.23. The lowest BCUT2D eigenvalue weighted by Gasteiger charge is -2.10. The number of methoxy groups -OCH3 is 1. The van der Waals surface area contributed by atoms with Gasteiger partial charge in [-0.25, -0.2) is 0 Å². The van der Waals surface area contributed by atoms with E-state index in [0.29, 0.717) is 6.42 Å². The van der Waals surface area contributed by atoms with Gasteiger partial charge in [0.05, 0.1) is 13.2 Å². The summed E-state index contributed by atoms with van der Waals surface area (Å²) in [6.07, 6.45) is 0.106. The minimum absolute atomic E-state index is 0.484. The minimum atomic E-state index is -0.484. The van der Waals surface area contributed by atoms with Gasteiger partial charge in [-0.05, 0) is 39.0 Å². The molecule has 1 atom stereocenters. The maximum Gasteiger partial charge on any atom is 0.119 e. The van der Waals surface area contributed by atoms with Crippen molar-refractivity contribution >= 4 is 27.3 Å². The number of aliphatic hydroxyl groups excluding tert-OH is 1. The minimum Gasteiger partial charge on any atom is -0.497 e. The van der Waals surface area contributed by atoms with Crippen molar-refractivity contribution in [3.8, 4) is 5.75 Å². The Kier molecular flexibility index (Phi) is 4.20. The Balaban J connectivity index is 2.13. The number of thiophene rings is 1. The van der Waals surface area contributed by atoms with Crippen LogP contribution in [0, 0.1) is 0 Å². The molecule has 90 valence electrons. The van der Waals surface area contributed by atoms with Crippen molar-refractivity contribution in [3.05, 3.63) is 50.6 Å². The van der Waals surface area contributed by atoms with Crippen LogP contribution in [0.1, 0.15) is 17.2 Å². The van der Waals surface area contributed by atoms with Gasteiger partial charge >= 0.3 is 0 Å². The first-order chi connectivity index (χ1) is 8.20. The van der Waals surface area contributed by atoms with Crippen molar-refractivity contribution in [3.63, 3.8) is 0 Å². The van der Waals surface area contributed by atoms with E-state index >= 15 is 0 Å². The maximum atomic E-state index is 10.1. The number of hydrogen-bond donors (Lipinski definition) is 1. The lowest BCUT2D eigenvalue weighted by molar-refractivity contribution is 0.178. The Hall–Kier alpha value is -0.840. The van der Waals surface area contributed by atoms with E-state index in [1.165, 1.54) is 0 Å². The molecule has 0 saturated carbocycles. The molecule has 4 heteroatoms. The van der Waals surface area contributed by atoms with Crippen LogP contribution in [0.5, 0.6) is 5.75 Å². The van der Waals surface area contributed by atoms with Crippen molar-refractivity contribution in [2.24, 2.45) is 0 Å². The van der Waals surface area contributed by atoms with E-state index in [1.54, 1.807) is 18.4 Å². The average molecular weight is 313 g/mol. The fourth-order valence-electron chi connectivity index (χ4n) is 1.66. The molecule has 0 spiro atoms. The van der Waals surface area contributed by atoms with E-state index in [-0.39, 0.29) is 0 Å². The first-order valence-corrected chi connectivity index (χ1v) is 6.97. The van der Waals surface area contributed by atoms with Crippen LogP contribution in [0.2, 0.25) is 0 Å². The topological polar surface area (TPSA) is 29.5 Å². The number of aliphatic hydroxyl groups is 1. The quantitative estimate of drug-likeness (QED) is 0.930. The second kappa shape index (κ2) is 5.67. The monoisotopic (exact) mass is 312 g/mol. The van der Waals surface area contributed by atoms with Crippen LogP contribution in [-0.4, -0.2) is 12.2 Å². The summed E-state index contributed by atoms with van der Waals surface area (Å²) in [7, 11) is 1.64. The summed E-state index contributed by atoms with van der Waals surface area (Å²) < 4.78 is 6.13. The van der Waals surface area contributed by atoms with Crippen molar-refractivity contribution in [2.75, 3.05) is 7.11 Å². The molecule has 1 heterocycles. The van der Waals surface area contributed by atoms with Gasteiger partial charge in [-0.3, -0.25) is 0 Å². The zero-order valence-electron chi connectivity index (χ0n) is 9.39. The highest BCUT2D eigenvalue weighted by atomic mass is 79.9. The third-order valence-electron chi connectivity index (χ3n) is 2.56. The van der Waals surface area contributed by atoms with E-state index in [1.807, 2.05) is 35.0 Å². The summed E-state index contributed by atoms with van der Waals surface area (Å²) in [6, 6.07) is 7.77. The van der Waals surface area contributed by atoms with Crippen molar-refractivity contribution in [1.82, 2.24) is 0 Å². The predicted octanol–water partition coefficient (Wildman–Crippen LogP) is 3.80. The Morgan fingerprint density at radius 3 is 2.88 bits per heavy atom. The van der Waals surface area contributed by atoms with Crippen LogP contribution in [0.15, 0.2) is 39.5 Å². The van der Waals surface area contributed by atoms with Gasteiger partial charge in [0, 0.05) is 21.8 Å². The fraction of sp³-hybridized carbons (Fsp3) is 0.231. The summed E-state index contributed by atoms with van der Waals surface area (Å²) in [4.78, 5) is 0. The highest BCUT2D eigenvalue weighted by molar-refractivity contribution is 9.10. The molecule has 2 aromatic rings. The van der Waals surface area contributed by atoms with E-state index in [0.717, 1.165) is 21.3 Å². The number of ether oxygens (including phenoxy) is 1. The Bertz CT molecular complexity index is 496. The number of benzene rings is 1. The fourth-order valence-corrected chi connectivity index (χ4v) is 3.27. The second-order valence-electron chi connectivity index (χ2n) is 3.75. The molecule has 2 nitrogen and oxygen atoms in total. The summed E-state index contributed by atoms with van der Waals surface area (Å²) >= 11 is 5.02. The molecule has 1 aromatic carbocycles. The zero-order valence-corrected chi connectivity index (χ0v) is 11.8. The van der Waals surface area contributed by atoms with Crippen molar-refractivity contribution in [1.29, 1.82) is 0 Å². The normalized spacial score (nSPS) is 12.4. The Labute approximate surface area is 113 Å². The molecule has 0 aliphatic rings. The molecular formula is C13H13BrO2S. The van der Waals surface area contributed by atoms with Crippen LogP contribution in [0.25, 0.3) is 0 Å². The molecule has 1 N–H and O–H groups in total. The van der Waals surface area contributed by atoms with Gasteiger partial charge in [0.2, 0.25) is 0 Å². The second-order valence-corrected chi connectivity index (χ2v) is 5.34. The molecule has 0 bridgehead atoms. The van der Waals surface area contributed by atoms with Gasteiger partial charge < -0.3 is 9.84 Å². The highest BCUT2D eigenvalue weighted by Crippen LogP contribution is 2.29. The predicted molar refractivity (Wildman–Crippen MR) is 73.7 cm³/mol. The third-order valence-corrected chi connectivity index (χ3v) is 4.32. The van der Waals surface area contributed by atoms with Gasteiger partial charge in [-0.15, -0.1) is 0 Å². The molecule has 17 heavy (non-hydrogen) atoms. The summed E-state index contributed by atoms with van der Waals surface area (Å²) in [5.74, 6) is 0.819. The van der Waals surface area contributed by atoms with Crippen LogP contribution in [0.3, 0.4) is 0 Å². The Morgan fingerprint density at radius 1 is 1.41 bits per heavy atom. The molecule has 0 aliphatic heterocycles. The number of rotatable bonds is 4. The van der Waals surface area contributed by atoms with E-state index in [4.69, 9.17) is 4.74 Å². The number of halogens is 1. The third kappa shape index (κ3) is 3.09. The summed E-state index contributed by atoms with van der Waals surface area (Å²) in [6.45, 7) is 0. The molecule has 0 aliphatic carbocycles. The molecule has 0 radical (unpaired) electrons. The Morgan fingerprint density at radius 2 is 2.24 bits per heavy atom. The van der Waals surface area contributed by atoms with E-state index in [9.17, 15) is 5.11 Å². The smallest absolute Gasteiger partial charge is 0.119 e. The van der Waals surface area contributed by atoms with Crippen molar-refractivity contribution < 1.29 is 9.84 Å². The summed E-state index contributed by atoms with van der Waals surface area (Å²) in [5, 5.41) is 14.1. The van der Waals surface area contributed by atoms with Gasteiger partial charge in [0.25, 0.3) is 0 Å². The average Bonchev–Trinajstić information content (AvgIpc) is 2.76. The van der Waals surface area contributed by atoms with Gasteiger partial charge in [0.15, 0.2) is 0 Å².